The lowest BCUT2D eigenvalue weighted by atomic mass is 10.1. The number of hydrogen-bond acceptors (Lipinski definition) is 6. The van der Waals surface area contributed by atoms with Crippen molar-refractivity contribution in [2.75, 3.05) is 18.0 Å². The fourth-order valence-electron chi connectivity index (χ4n) is 1.91. The number of anilines is 1. The Kier molecular flexibility index (Phi) is 3.23. The Balaban J connectivity index is 1.99. The number of aromatic nitrogens is 1. The third-order valence-corrected chi connectivity index (χ3v) is 3.69. The monoisotopic (exact) mass is 257 g/mol. The van der Waals surface area contributed by atoms with Crippen molar-refractivity contribution in [1.82, 2.24) is 4.98 Å². The number of aliphatic carboxylic acids is 1. The molecule has 17 heavy (non-hydrogen) atoms. The fraction of sp³-hybridized carbons (Fsp3) is 0.556. The molecule has 1 aromatic rings. The summed E-state index contributed by atoms with van der Waals surface area (Å²) < 4.78 is 0. The number of hydrogen-bond donors (Lipinski definition) is 1. The van der Waals surface area contributed by atoms with Crippen molar-refractivity contribution in [1.29, 1.82) is 0 Å². The van der Waals surface area contributed by atoms with E-state index < -0.39 is 10.9 Å². The molecule has 1 fully saturated rings. The Labute approximate surface area is 101 Å². The summed E-state index contributed by atoms with van der Waals surface area (Å²) in [6.45, 7) is 1.32. The molecule has 1 atom stereocenters. The molecule has 2 rings (SSSR count). The van der Waals surface area contributed by atoms with Gasteiger partial charge in [0.1, 0.15) is 6.20 Å². The van der Waals surface area contributed by atoms with Crippen LogP contribution in [0.5, 0.6) is 0 Å². The molecule has 1 N–H and O–H groups in total. The molecule has 7 nitrogen and oxygen atoms in total. The predicted octanol–water partition coefficient (Wildman–Crippen LogP) is 1.35. The molecule has 1 saturated heterocycles. The summed E-state index contributed by atoms with van der Waals surface area (Å²) in [6, 6.07) is 0. The Morgan fingerprint density at radius 1 is 1.76 bits per heavy atom. The second-order valence-corrected chi connectivity index (χ2v) is 4.92. The molecule has 1 unspecified atom stereocenters. The van der Waals surface area contributed by atoms with Gasteiger partial charge in [0.15, 0.2) is 5.13 Å². The Morgan fingerprint density at radius 3 is 3.12 bits per heavy atom. The van der Waals surface area contributed by atoms with Gasteiger partial charge in [0.2, 0.25) is 0 Å². The highest BCUT2D eigenvalue weighted by Gasteiger charge is 2.27. The summed E-state index contributed by atoms with van der Waals surface area (Å²) in [5.74, 6) is -0.697. The van der Waals surface area contributed by atoms with E-state index in [0.29, 0.717) is 18.2 Å². The van der Waals surface area contributed by atoms with Gasteiger partial charge in [-0.2, -0.15) is 0 Å². The molecule has 8 heteroatoms. The summed E-state index contributed by atoms with van der Waals surface area (Å²) >= 11 is 1.03. The van der Waals surface area contributed by atoms with Crippen LogP contribution in [-0.2, 0) is 4.79 Å². The van der Waals surface area contributed by atoms with Gasteiger partial charge in [-0.3, -0.25) is 14.9 Å². The zero-order chi connectivity index (χ0) is 12.4. The van der Waals surface area contributed by atoms with Gasteiger partial charge in [-0.1, -0.05) is 0 Å². The summed E-state index contributed by atoms with van der Waals surface area (Å²) in [4.78, 5) is 26.5. The second-order valence-electron chi connectivity index (χ2n) is 3.94. The quantitative estimate of drug-likeness (QED) is 0.646. The van der Waals surface area contributed by atoms with Gasteiger partial charge in [0.25, 0.3) is 0 Å². The van der Waals surface area contributed by atoms with Crippen LogP contribution in [0, 0.1) is 16.0 Å². The van der Waals surface area contributed by atoms with Crippen molar-refractivity contribution in [3.63, 3.8) is 0 Å². The molecular weight excluding hydrogens is 246 g/mol. The first-order valence-corrected chi connectivity index (χ1v) is 5.95. The first-order chi connectivity index (χ1) is 8.06. The number of thiazole rings is 1. The first kappa shape index (κ1) is 11.8. The lowest BCUT2D eigenvalue weighted by Gasteiger charge is -2.13. The summed E-state index contributed by atoms with van der Waals surface area (Å²) in [5, 5.41) is 19.8. The Hall–Kier alpha value is -1.70. The van der Waals surface area contributed by atoms with Crippen LogP contribution in [0.1, 0.15) is 12.8 Å². The zero-order valence-electron chi connectivity index (χ0n) is 8.90. The lowest BCUT2D eigenvalue weighted by molar-refractivity contribution is -0.380. The predicted molar refractivity (Wildman–Crippen MR) is 61.3 cm³/mol. The van der Waals surface area contributed by atoms with Crippen LogP contribution in [0.3, 0.4) is 0 Å². The molecule has 1 aliphatic heterocycles. The van der Waals surface area contributed by atoms with Crippen LogP contribution < -0.4 is 4.90 Å². The van der Waals surface area contributed by atoms with Crippen molar-refractivity contribution in [2.45, 2.75) is 12.8 Å². The second kappa shape index (κ2) is 4.66. The van der Waals surface area contributed by atoms with Gasteiger partial charge < -0.3 is 10.0 Å². The van der Waals surface area contributed by atoms with E-state index in [9.17, 15) is 14.9 Å². The van der Waals surface area contributed by atoms with Crippen LogP contribution >= 0.6 is 11.3 Å². The number of carbonyl (C=O) groups is 1. The van der Waals surface area contributed by atoms with Crippen molar-refractivity contribution in [3.8, 4) is 0 Å². The molecule has 0 radical (unpaired) electrons. The molecule has 1 aliphatic rings. The molecule has 0 bridgehead atoms. The average Bonchev–Trinajstić information content (AvgIpc) is 2.83. The standard InChI is InChI=1S/C9H11N3O4S/c13-8(14)3-6-1-2-11(5-6)9-10-4-7(17-9)12(15)16/h4,6H,1-3,5H2,(H,13,14). The minimum absolute atomic E-state index is 0.0154. The topological polar surface area (TPSA) is 96.6 Å². The summed E-state index contributed by atoms with van der Waals surface area (Å²) in [5.41, 5.74) is 0. The molecule has 2 heterocycles. The molecular formula is C9H11N3O4S. The molecule has 0 amide bonds. The highest BCUT2D eigenvalue weighted by Crippen LogP contribution is 2.32. The van der Waals surface area contributed by atoms with Crippen molar-refractivity contribution >= 4 is 27.4 Å². The largest absolute Gasteiger partial charge is 0.481 e. The van der Waals surface area contributed by atoms with Crippen LogP contribution in [0.4, 0.5) is 10.1 Å². The average molecular weight is 257 g/mol. The van der Waals surface area contributed by atoms with E-state index in [4.69, 9.17) is 5.11 Å². The minimum Gasteiger partial charge on any atom is -0.481 e. The minimum atomic E-state index is -0.804. The van der Waals surface area contributed by atoms with E-state index in [1.165, 1.54) is 6.20 Å². The maximum Gasteiger partial charge on any atom is 0.345 e. The molecule has 0 spiro atoms. The molecule has 92 valence electrons. The van der Waals surface area contributed by atoms with Crippen LogP contribution in [0.2, 0.25) is 0 Å². The Bertz CT molecular complexity index is 447. The molecule has 1 aromatic heterocycles. The zero-order valence-corrected chi connectivity index (χ0v) is 9.72. The number of nitrogens with zero attached hydrogens (tertiary/aromatic N) is 3. The van der Waals surface area contributed by atoms with Crippen LogP contribution in [0.25, 0.3) is 0 Å². The smallest absolute Gasteiger partial charge is 0.345 e. The van der Waals surface area contributed by atoms with E-state index in [2.05, 4.69) is 4.98 Å². The number of carboxylic acid groups (broad SMARTS) is 1. The highest BCUT2D eigenvalue weighted by molar-refractivity contribution is 7.18. The fourth-order valence-corrected chi connectivity index (χ4v) is 2.67. The van der Waals surface area contributed by atoms with E-state index in [1.807, 2.05) is 4.90 Å². The first-order valence-electron chi connectivity index (χ1n) is 5.13. The van der Waals surface area contributed by atoms with E-state index in [1.54, 1.807) is 0 Å². The number of rotatable bonds is 4. The molecule has 0 aromatic carbocycles. The maximum absolute atomic E-state index is 10.6. The van der Waals surface area contributed by atoms with E-state index in [-0.39, 0.29) is 17.3 Å². The number of carboxylic acids is 1. The van der Waals surface area contributed by atoms with Gasteiger partial charge in [-0.15, -0.1) is 0 Å². The lowest BCUT2D eigenvalue weighted by Crippen LogP contribution is -2.20. The molecule has 0 saturated carbocycles. The molecule has 0 aliphatic carbocycles. The van der Waals surface area contributed by atoms with Gasteiger partial charge in [0.05, 0.1) is 4.92 Å². The van der Waals surface area contributed by atoms with Gasteiger partial charge in [-0.05, 0) is 23.7 Å². The van der Waals surface area contributed by atoms with Gasteiger partial charge in [0, 0.05) is 19.5 Å². The highest BCUT2D eigenvalue weighted by atomic mass is 32.1. The SMILES string of the molecule is O=C(O)CC1CCN(c2ncc([N+](=O)[O-])s2)C1. The summed E-state index contributed by atoms with van der Waals surface area (Å²) in [7, 11) is 0. The van der Waals surface area contributed by atoms with Gasteiger partial charge >= 0.3 is 11.0 Å². The van der Waals surface area contributed by atoms with E-state index in [0.717, 1.165) is 17.8 Å². The third kappa shape index (κ3) is 2.70. The third-order valence-electron chi connectivity index (χ3n) is 2.68. The Morgan fingerprint density at radius 2 is 2.53 bits per heavy atom. The van der Waals surface area contributed by atoms with Gasteiger partial charge in [-0.25, -0.2) is 4.98 Å². The van der Waals surface area contributed by atoms with Crippen molar-refractivity contribution in [3.05, 3.63) is 16.3 Å². The van der Waals surface area contributed by atoms with Crippen LogP contribution in [0.15, 0.2) is 6.20 Å². The van der Waals surface area contributed by atoms with E-state index >= 15 is 0 Å². The number of nitro groups is 1. The summed E-state index contributed by atoms with van der Waals surface area (Å²) in [6.07, 6.45) is 2.17. The van der Waals surface area contributed by atoms with Crippen LogP contribution in [-0.4, -0.2) is 34.1 Å². The van der Waals surface area contributed by atoms with Crippen molar-refractivity contribution in [2.24, 2.45) is 5.92 Å². The maximum atomic E-state index is 10.6. The normalized spacial score (nSPS) is 19.5. The van der Waals surface area contributed by atoms with Crippen molar-refractivity contribution < 1.29 is 14.8 Å².